The number of benzene rings is 2. The van der Waals surface area contributed by atoms with E-state index in [1.54, 1.807) is 30.3 Å². The van der Waals surface area contributed by atoms with Crippen molar-refractivity contribution in [1.29, 1.82) is 0 Å². The summed E-state index contributed by atoms with van der Waals surface area (Å²) in [7, 11) is 3.41. The van der Waals surface area contributed by atoms with E-state index in [4.69, 9.17) is 4.74 Å². The van der Waals surface area contributed by atoms with Gasteiger partial charge in [0.2, 0.25) is 5.91 Å². The Balaban J connectivity index is 1.47. The molecule has 0 spiro atoms. The molecule has 0 radical (unpaired) electrons. The summed E-state index contributed by atoms with van der Waals surface area (Å²) in [5.74, 6) is 0.253. The van der Waals surface area contributed by atoms with Gasteiger partial charge < -0.3 is 20.3 Å². The number of likely N-dealkylation sites (tertiary alicyclic amines) is 1. The number of aryl methyl sites for hydroxylation is 1. The molecular formula is C26H32N4O4. The van der Waals surface area contributed by atoms with Crippen molar-refractivity contribution in [3.05, 3.63) is 59.2 Å². The van der Waals surface area contributed by atoms with E-state index in [1.807, 2.05) is 31.0 Å². The highest BCUT2D eigenvalue weighted by Gasteiger charge is 2.43. The molecule has 4 rings (SSSR count). The van der Waals surface area contributed by atoms with Gasteiger partial charge in [0, 0.05) is 36.9 Å². The summed E-state index contributed by atoms with van der Waals surface area (Å²) in [6.07, 6.45) is 1.74. The van der Waals surface area contributed by atoms with Crippen LogP contribution >= 0.6 is 0 Å². The normalized spacial score (nSPS) is 24.2. The van der Waals surface area contributed by atoms with E-state index in [9.17, 15) is 14.4 Å². The number of urea groups is 1. The van der Waals surface area contributed by atoms with Crippen molar-refractivity contribution in [3.63, 3.8) is 0 Å². The number of anilines is 1. The molecule has 4 atom stereocenters. The summed E-state index contributed by atoms with van der Waals surface area (Å²) in [4.78, 5) is 40.1. The van der Waals surface area contributed by atoms with Crippen LogP contribution in [0.25, 0.3) is 0 Å². The van der Waals surface area contributed by atoms with Crippen molar-refractivity contribution in [2.75, 3.05) is 26.0 Å². The van der Waals surface area contributed by atoms with E-state index in [0.29, 0.717) is 29.0 Å². The molecule has 180 valence electrons. The molecule has 4 amide bonds. The van der Waals surface area contributed by atoms with Gasteiger partial charge in [-0.25, -0.2) is 4.79 Å². The monoisotopic (exact) mass is 464 g/mol. The molecule has 2 heterocycles. The summed E-state index contributed by atoms with van der Waals surface area (Å²) < 4.78 is 5.13. The lowest BCUT2D eigenvalue weighted by Crippen LogP contribution is -2.57. The average Bonchev–Trinajstić information content (AvgIpc) is 2.83. The largest absolute Gasteiger partial charge is 0.497 e. The molecule has 8 nitrogen and oxygen atoms in total. The van der Waals surface area contributed by atoms with Crippen LogP contribution in [0.3, 0.4) is 0 Å². The Morgan fingerprint density at radius 2 is 1.94 bits per heavy atom. The number of amides is 4. The molecule has 2 fully saturated rings. The quantitative estimate of drug-likeness (QED) is 0.645. The minimum atomic E-state index is -0.639. The minimum absolute atomic E-state index is 0.119. The number of piperidine rings is 2. The Kier molecular flexibility index (Phi) is 6.88. The van der Waals surface area contributed by atoms with Crippen LogP contribution in [0, 0.1) is 12.8 Å². The number of nitrogens with zero attached hydrogens (tertiary/aromatic N) is 1. The van der Waals surface area contributed by atoms with Gasteiger partial charge in [0.25, 0.3) is 5.91 Å². The summed E-state index contributed by atoms with van der Waals surface area (Å²) in [5, 5.41) is 8.60. The van der Waals surface area contributed by atoms with Gasteiger partial charge in [0.15, 0.2) is 0 Å². The fraction of sp³-hybridized carbons (Fsp3) is 0.423. The van der Waals surface area contributed by atoms with Crippen LogP contribution in [-0.4, -0.2) is 55.5 Å². The van der Waals surface area contributed by atoms with Crippen LogP contribution in [0.2, 0.25) is 0 Å². The molecule has 0 saturated carbocycles. The number of hydrogen-bond acceptors (Lipinski definition) is 5. The van der Waals surface area contributed by atoms with Crippen molar-refractivity contribution in [2.45, 2.75) is 44.7 Å². The van der Waals surface area contributed by atoms with E-state index < -0.39 is 11.9 Å². The summed E-state index contributed by atoms with van der Waals surface area (Å²) >= 11 is 0. The van der Waals surface area contributed by atoms with Crippen LogP contribution in [0.1, 0.15) is 47.2 Å². The minimum Gasteiger partial charge on any atom is -0.497 e. The number of rotatable bonds is 4. The zero-order valence-electron chi connectivity index (χ0n) is 20.1. The highest BCUT2D eigenvalue weighted by Crippen LogP contribution is 2.39. The van der Waals surface area contributed by atoms with Gasteiger partial charge in [-0.3, -0.25) is 14.9 Å². The molecule has 3 N–H and O–H groups in total. The van der Waals surface area contributed by atoms with Crippen molar-refractivity contribution in [1.82, 2.24) is 15.5 Å². The molecule has 2 aliphatic heterocycles. The topological polar surface area (TPSA) is 99.8 Å². The van der Waals surface area contributed by atoms with Crippen LogP contribution in [0.5, 0.6) is 5.75 Å². The number of fused-ring (bicyclic) bond motifs is 1. The molecule has 4 unspecified atom stereocenters. The van der Waals surface area contributed by atoms with Gasteiger partial charge in [0.05, 0.1) is 13.0 Å². The lowest BCUT2D eigenvalue weighted by Gasteiger charge is -2.47. The molecule has 2 aliphatic rings. The second-order valence-electron chi connectivity index (χ2n) is 9.32. The first kappa shape index (κ1) is 23.8. The van der Waals surface area contributed by atoms with Crippen molar-refractivity contribution >= 4 is 23.5 Å². The van der Waals surface area contributed by atoms with E-state index in [0.717, 1.165) is 30.5 Å². The number of ether oxygens (including phenoxy) is 1. The predicted molar refractivity (Wildman–Crippen MR) is 130 cm³/mol. The average molecular weight is 465 g/mol. The molecule has 0 aliphatic carbocycles. The maximum Gasteiger partial charge on any atom is 0.326 e. The second kappa shape index (κ2) is 9.85. The van der Waals surface area contributed by atoms with Crippen molar-refractivity contribution in [3.8, 4) is 5.75 Å². The SMILES string of the molecule is COc1cccc(C(=O)NC(=O)Nc2ccc(C)c(C3CC4CNC(C)CC4N(C)C3=O)c2)c1. The van der Waals surface area contributed by atoms with E-state index in [-0.39, 0.29) is 17.9 Å². The van der Waals surface area contributed by atoms with E-state index in [1.165, 1.54) is 7.11 Å². The molecular weight excluding hydrogens is 432 g/mol. The summed E-state index contributed by atoms with van der Waals surface area (Å²) in [6, 6.07) is 12.1. The smallest absolute Gasteiger partial charge is 0.326 e. The summed E-state index contributed by atoms with van der Waals surface area (Å²) in [5.41, 5.74) is 2.76. The van der Waals surface area contributed by atoms with E-state index in [2.05, 4.69) is 22.9 Å². The third kappa shape index (κ3) is 4.92. The first-order valence-electron chi connectivity index (χ1n) is 11.6. The van der Waals surface area contributed by atoms with Crippen LogP contribution < -0.4 is 20.7 Å². The van der Waals surface area contributed by atoms with Gasteiger partial charge in [-0.05, 0) is 74.1 Å². The number of nitrogens with one attached hydrogen (secondary N) is 3. The Labute approximate surface area is 200 Å². The lowest BCUT2D eigenvalue weighted by molar-refractivity contribution is -0.140. The zero-order chi connectivity index (χ0) is 24.4. The fourth-order valence-corrected chi connectivity index (χ4v) is 5.11. The Morgan fingerprint density at radius 3 is 2.71 bits per heavy atom. The molecule has 0 aromatic heterocycles. The third-order valence-corrected chi connectivity index (χ3v) is 7.02. The summed E-state index contributed by atoms with van der Waals surface area (Å²) in [6.45, 7) is 5.03. The first-order valence-corrected chi connectivity index (χ1v) is 11.6. The number of hydrogen-bond donors (Lipinski definition) is 3. The third-order valence-electron chi connectivity index (χ3n) is 7.02. The van der Waals surface area contributed by atoms with Crippen molar-refractivity contribution < 1.29 is 19.1 Å². The predicted octanol–water partition coefficient (Wildman–Crippen LogP) is 3.28. The molecule has 2 saturated heterocycles. The zero-order valence-corrected chi connectivity index (χ0v) is 20.1. The fourth-order valence-electron chi connectivity index (χ4n) is 5.11. The number of methoxy groups -OCH3 is 1. The van der Waals surface area contributed by atoms with Crippen molar-refractivity contribution in [2.24, 2.45) is 5.92 Å². The molecule has 8 heteroatoms. The Hall–Kier alpha value is -3.39. The maximum atomic E-state index is 13.3. The highest BCUT2D eigenvalue weighted by atomic mass is 16.5. The second-order valence-corrected chi connectivity index (χ2v) is 9.32. The molecule has 2 aromatic carbocycles. The Morgan fingerprint density at radius 1 is 1.15 bits per heavy atom. The number of carbonyl (C=O) groups is 3. The van der Waals surface area contributed by atoms with Gasteiger partial charge in [-0.15, -0.1) is 0 Å². The van der Waals surface area contributed by atoms with Gasteiger partial charge in [0.1, 0.15) is 5.75 Å². The number of likely N-dealkylation sites (N-methyl/N-ethyl adjacent to an activating group) is 1. The van der Waals surface area contributed by atoms with Gasteiger partial charge >= 0.3 is 6.03 Å². The molecule has 34 heavy (non-hydrogen) atoms. The Bertz CT molecular complexity index is 1100. The van der Waals surface area contributed by atoms with Crippen LogP contribution in [0.4, 0.5) is 10.5 Å². The van der Waals surface area contributed by atoms with Crippen LogP contribution in [-0.2, 0) is 4.79 Å². The standard InChI is InChI=1S/C26H32N4O4/c1-15-8-9-19(28-26(33)29-24(31)17-6-5-7-20(11-17)34-4)13-21(15)22-12-18-14-27-16(2)10-23(18)30(3)25(22)32/h5-9,11,13,16,18,22-23,27H,10,12,14H2,1-4H3,(H2,28,29,31,33). The van der Waals surface area contributed by atoms with Crippen LogP contribution in [0.15, 0.2) is 42.5 Å². The molecule has 0 bridgehead atoms. The van der Waals surface area contributed by atoms with E-state index >= 15 is 0 Å². The van der Waals surface area contributed by atoms with Gasteiger partial charge in [-0.1, -0.05) is 12.1 Å². The van der Waals surface area contributed by atoms with Gasteiger partial charge in [-0.2, -0.15) is 0 Å². The maximum absolute atomic E-state index is 13.3. The highest BCUT2D eigenvalue weighted by molar-refractivity contribution is 6.08. The number of carbonyl (C=O) groups excluding carboxylic acids is 3. The lowest BCUT2D eigenvalue weighted by atomic mass is 9.75. The molecule has 2 aromatic rings. The first-order chi connectivity index (χ1) is 16.3. The number of imide groups is 1.